The van der Waals surface area contributed by atoms with Crippen LogP contribution in [0.15, 0.2) is 18.2 Å². The molecule has 0 radical (unpaired) electrons. The summed E-state index contributed by atoms with van der Waals surface area (Å²) < 4.78 is 11.5. The fraction of sp³-hybridized carbons (Fsp3) is 0.632. The molecule has 126 valence electrons. The third-order valence-corrected chi connectivity index (χ3v) is 5.03. The molecule has 1 aromatic rings. The fourth-order valence-corrected chi connectivity index (χ4v) is 3.64. The summed E-state index contributed by atoms with van der Waals surface area (Å²) in [6, 6.07) is 6.00. The van der Waals surface area contributed by atoms with Crippen molar-refractivity contribution in [2.45, 2.75) is 57.5 Å². The number of aryl methyl sites for hydroxylation is 1. The molecule has 0 bridgehead atoms. The van der Waals surface area contributed by atoms with Crippen molar-refractivity contribution in [1.82, 2.24) is 5.32 Å². The molecule has 1 fully saturated rings. The average Bonchev–Trinajstić information content (AvgIpc) is 2.88. The van der Waals surface area contributed by atoms with E-state index in [0.717, 1.165) is 37.2 Å². The van der Waals surface area contributed by atoms with Crippen molar-refractivity contribution < 1.29 is 14.3 Å². The standard InChI is InChI=1S/C19H27NO3/c1-22-17-10-6-9-14-11-12-16(23-18(14)17)13-20-19(21)15-7-4-2-3-5-8-15/h6,9-10,15-16H,2-5,7-8,11-13H2,1H3,(H,20,21). The van der Waals surface area contributed by atoms with Crippen molar-refractivity contribution in [3.05, 3.63) is 23.8 Å². The highest BCUT2D eigenvalue weighted by Gasteiger charge is 2.25. The van der Waals surface area contributed by atoms with Crippen molar-refractivity contribution in [2.75, 3.05) is 13.7 Å². The monoisotopic (exact) mass is 317 g/mol. The molecule has 1 amide bonds. The van der Waals surface area contributed by atoms with Crippen molar-refractivity contribution in [1.29, 1.82) is 0 Å². The molecule has 4 nitrogen and oxygen atoms in total. The Hall–Kier alpha value is -1.71. The molecule has 1 atom stereocenters. The Bertz CT molecular complexity index is 521. The molecule has 23 heavy (non-hydrogen) atoms. The van der Waals surface area contributed by atoms with Crippen molar-refractivity contribution in [3.63, 3.8) is 0 Å². The molecule has 4 heteroatoms. The molecule has 1 N–H and O–H groups in total. The number of nitrogens with one attached hydrogen (secondary N) is 1. The molecular formula is C19H27NO3. The minimum Gasteiger partial charge on any atom is -0.493 e. The van der Waals surface area contributed by atoms with Gasteiger partial charge in [-0.25, -0.2) is 0 Å². The van der Waals surface area contributed by atoms with E-state index in [0.29, 0.717) is 6.54 Å². The number of benzene rings is 1. The maximum absolute atomic E-state index is 12.4. The van der Waals surface area contributed by atoms with Crippen molar-refractivity contribution in [3.8, 4) is 11.5 Å². The van der Waals surface area contributed by atoms with E-state index in [1.54, 1.807) is 7.11 Å². The average molecular weight is 317 g/mol. The summed E-state index contributed by atoms with van der Waals surface area (Å²) in [5.74, 6) is 2.03. The van der Waals surface area contributed by atoms with Crippen LogP contribution < -0.4 is 14.8 Å². The van der Waals surface area contributed by atoms with E-state index in [-0.39, 0.29) is 17.9 Å². The lowest BCUT2D eigenvalue weighted by atomic mass is 9.98. The van der Waals surface area contributed by atoms with Crippen LogP contribution in [0.25, 0.3) is 0 Å². The van der Waals surface area contributed by atoms with E-state index < -0.39 is 0 Å². The Labute approximate surface area is 138 Å². The van der Waals surface area contributed by atoms with Crippen LogP contribution in [-0.4, -0.2) is 25.7 Å². The highest BCUT2D eigenvalue weighted by Crippen LogP contribution is 2.36. The Morgan fingerprint density at radius 1 is 1.22 bits per heavy atom. The third-order valence-electron chi connectivity index (χ3n) is 5.03. The van der Waals surface area contributed by atoms with Crippen molar-refractivity contribution in [2.24, 2.45) is 5.92 Å². The van der Waals surface area contributed by atoms with Gasteiger partial charge in [-0.15, -0.1) is 0 Å². The number of hydrogen-bond donors (Lipinski definition) is 1. The van der Waals surface area contributed by atoms with Gasteiger partial charge < -0.3 is 14.8 Å². The molecule has 1 saturated carbocycles. The molecular weight excluding hydrogens is 290 g/mol. The van der Waals surface area contributed by atoms with Crippen LogP contribution in [0.1, 0.15) is 50.5 Å². The van der Waals surface area contributed by atoms with E-state index in [4.69, 9.17) is 9.47 Å². The number of carbonyl (C=O) groups is 1. The van der Waals surface area contributed by atoms with Gasteiger partial charge in [0.2, 0.25) is 5.91 Å². The van der Waals surface area contributed by atoms with Gasteiger partial charge in [-0.2, -0.15) is 0 Å². The number of rotatable bonds is 4. The van der Waals surface area contributed by atoms with E-state index in [9.17, 15) is 4.79 Å². The fourth-order valence-electron chi connectivity index (χ4n) is 3.64. The van der Waals surface area contributed by atoms with Crippen LogP contribution in [-0.2, 0) is 11.2 Å². The normalized spacial score (nSPS) is 21.7. The first-order valence-electron chi connectivity index (χ1n) is 8.88. The van der Waals surface area contributed by atoms with Gasteiger partial charge in [0.15, 0.2) is 11.5 Å². The second-order valence-electron chi connectivity index (χ2n) is 6.66. The third kappa shape index (κ3) is 3.98. The molecule has 1 unspecified atom stereocenters. The van der Waals surface area contributed by atoms with Gasteiger partial charge in [0, 0.05) is 5.92 Å². The van der Waals surface area contributed by atoms with Gasteiger partial charge in [-0.1, -0.05) is 37.8 Å². The van der Waals surface area contributed by atoms with Gasteiger partial charge in [0.25, 0.3) is 0 Å². The second-order valence-corrected chi connectivity index (χ2v) is 6.66. The molecule has 0 aromatic heterocycles. The highest BCUT2D eigenvalue weighted by molar-refractivity contribution is 5.78. The summed E-state index contributed by atoms with van der Waals surface area (Å²) in [7, 11) is 1.66. The number of ether oxygens (including phenoxy) is 2. The van der Waals surface area contributed by atoms with Crippen molar-refractivity contribution >= 4 is 5.91 Å². The first-order valence-corrected chi connectivity index (χ1v) is 8.88. The predicted octanol–water partition coefficient (Wildman–Crippen LogP) is 3.48. The van der Waals surface area contributed by atoms with Gasteiger partial charge >= 0.3 is 0 Å². The lowest BCUT2D eigenvalue weighted by Crippen LogP contribution is -2.40. The summed E-state index contributed by atoms with van der Waals surface area (Å²) in [4.78, 5) is 12.4. The van der Waals surface area contributed by atoms with Crippen LogP contribution in [0.2, 0.25) is 0 Å². The van der Waals surface area contributed by atoms with Crippen LogP contribution in [0.3, 0.4) is 0 Å². The maximum Gasteiger partial charge on any atom is 0.223 e. The quantitative estimate of drug-likeness (QED) is 0.865. The zero-order valence-corrected chi connectivity index (χ0v) is 14.0. The highest BCUT2D eigenvalue weighted by atomic mass is 16.5. The maximum atomic E-state index is 12.4. The lowest BCUT2D eigenvalue weighted by Gasteiger charge is -2.28. The number of methoxy groups -OCH3 is 1. The van der Waals surface area contributed by atoms with Gasteiger partial charge in [0.1, 0.15) is 6.10 Å². The lowest BCUT2D eigenvalue weighted by molar-refractivity contribution is -0.125. The van der Waals surface area contributed by atoms with Crippen LogP contribution in [0, 0.1) is 5.92 Å². The summed E-state index contributed by atoms with van der Waals surface area (Å²) in [6.07, 6.45) is 8.92. The number of carbonyl (C=O) groups excluding carboxylic acids is 1. The largest absolute Gasteiger partial charge is 0.493 e. The Balaban J connectivity index is 1.54. The summed E-state index contributed by atoms with van der Waals surface area (Å²) in [5, 5.41) is 3.11. The first-order chi connectivity index (χ1) is 11.3. The Morgan fingerprint density at radius 2 is 2.00 bits per heavy atom. The second kappa shape index (κ2) is 7.71. The topological polar surface area (TPSA) is 47.6 Å². The minimum absolute atomic E-state index is 0.0357. The molecule has 0 saturated heterocycles. The number of hydrogen-bond acceptors (Lipinski definition) is 3. The molecule has 0 spiro atoms. The smallest absolute Gasteiger partial charge is 0.223 e. The van der Waals surface area contributed by atoms with Crippen LogP contribution in [0.5, 0.6) is 11.5 Å². The summed E-state index contributed by atoms with van der Waals surface area (Å²) in [5.41, 5.74) is 1.19. The zero-order valence-electron chi connectivity index (χ0n) is 14.0. The van der Waals surface area contributed by atoms with Gasteiger partial charge in [0.05, 0.1) is 13.7 Å². The van der Waals surface area contributed by atoms with Gasteiger partial charge in [-0.05, 0) is 37.3 Å². The Morgan fingerprint density at radius 3 is 2.74 bits per heavy atom. The molecule has 1 aliphatic heterocycles. The summed E-state index contributed by atoms with van der Waals surface area (Å²) >= 11 is 0. The van der Waals surface area contributed by atoms with E-state index in [2.05, 4.69) is 11.4 Å². The first kappa shape index (κ1) is 16.2. The number of fused-ring (bicyclic) bond motifs is 1. The Kier molecular flexibility index (Phi) is 5.42. The predicted molar refractivity (Wildman–Crippen MR) is 89.9 cm³/mol. The molecule has 1 heterocycles. The molecule has 1 aliphatic carbocycles. The SMILES string of the molecule is COc1cccc2c1OC(CNC(=O)C1CCCCCC1)CC2. The molecule has 1 aromatic carbocycles. The van der Waals surface area contributed by atoms with Crippen LogP contribution >= 0.6 is 0 Å². The summed E-state index contributed by atoms with van der Waals surface area (Å²) in [6.45, 7) is 0.590. The zero-order chi connectivity index (χ0) is 16.1. The van der Waals surface area contributed by atoms with Crippen LogP contribution in [0.4, 0.5) is 0 Å². The van der Waals surface area contributed by atoms with E-state index in [1.807, 2.05) is 12.1 Å². The van der Waals surface area contributed by atoms with Gasteiger partial charge in [-0.3, -0.25) is 4.79 Å². The minimum atomic E-state index is 0.0357. The molecule has 3 rings (SSSR count). The van der Waals surface area contributed by atoms with E-state index >= 15 is 0 Å². The molecule has 2 aliphatic rings. The number of amides is 1. The number of para-hydroxylation sites is 1. The van der Waals surface area contributed by atoms with E-state index in [1.165, 1.54) is 31.2 Å².